The van der Waals surface area contributed by atoms with E-state index in [2.05, 4.69) is 30.4 Å². The van der Waals surface area contributed by atoms with Gasteiger partial charge < -0.3 is 10.1 Å². The Kier molecular flexibility index (Phi) is 4.53. The zero-order valence-electron chi connectivity index (χ0n) is 12.0. The molecule has 0 atom stereocenters. The van der Waals surface area contributed by atoms with E-state index < -0.39 is 0 Å². The highest BCUT2D eigenvalue weighted by molar-refractivity contribution is 7.18. The van der Waals surface area contributed by atoms with Crippen LogP contribution in [0.2, 0.25) is 0 Å². The van der Waals surface area contributed by atoms with Crippen molar-refractivity contribution in [3.05, 3.63) is 23.2 Å². The maximum absolute atomic E-state index is 6.19. The lowest BCUT2D eigenvalue weighted by molar-refractivity contribution is 0.164. The van der Waals surface area contributed by atoms with Gasteiger partial charge in [-0.2, -0.15) is 0 Å². The molecule has 1 aliphatic heterocycles. The molecule has 0 spiro atoms. The summed E-state index contributed by atoms with van der Waals surface area (Å²) in [5, 5.41) is 4.61. The van der Waals surface area contributed by atoms with Crippen molar-refractivity contribution in [2.24, 2.45) is 0 Å². The summed E-state index contributed by atoms with van der Waals surface area (Å²) in [5.74, 6) is 0.966. The van der Waals surface area contributed by atoms with Crippen LogP contribution in [0, 0.1) is 0 Å². The second kappa shape index (κ2) is 6.55. The summed E-state index contributed by atoms with van der Waals surface area (Å²) in [6.07, 6.45) is 6.02. The van der Waals surface area contributed by atoms with Crippen molar-refractivity contribution in [3.63, 3.8) is 0 Å². The fourth-order valence-electron chi connectivity index (χ4n) is 2.59. The Labute approximate surface area is 124 Å². The number of aromatic nitrogens is 1. The summed E-state index contributed by atoms with van der Waals surface area (Å²) < 4.78 is 7.44. The van der Waals surface area contributed by atoms with Crippen LogP contribution >= 0.6 is 11.3 Å². The number of para-hydroxylation sites is 1. The van der Waals surface area contributed by atoms with Crippen LogP contribution < -0.4 is 10.1 Å². The van der Waals surface area contributed by atoms with E-state index in [0.29, 0.717) is 6.10 Å². The standard InChI is InChI=1S/C16H22N2OS/c1-2-3-7-15-18-16-13(5-4-6-14(16)20-15)19-12-8-10-17-11-9-12/h4-6,12,17H,2-3,7-11H2,1H3. The quantitative estimate of drug-likeness (QED) is 0.910. The molecule has 0 amide bonds. The van der Waals surface area contributed by atoms with Crippen molar-refractivity contribution in [1.29, 1.82) is 0 Å². The first-order valence-electron chi connectivity index (χ1n) is 7.62. The van der Waals surface area contributed by atoms with Crippen molar-refractivity contribution < 1.29 is 4.74 Å². The predicted octanol–water partition coefficient (Wildman–Crippen LogP) is 3.77. The number of rotatable bonds is 5. The van der Waals surface area contributed by atoms with Crippen LogP contribution in [0.4, 0.5) is 0 Å². The number of nitrogens with zero attached hydrogens (tertiary/aromatic N) is 1. The van der Waals surface area contributed by atoms with Crippen molar-refractivity contribution in [3.8, 4) is 5.75 Å². The molecule has 2 heterocycles. The Morgan fingerprint density at radius 3 is 3.00 bits per heavy atom. The molecule has 0 aliphatic carbocycles. The number of aryl methyl sites for hydroxylation is 1. The molecule has 0 radical (unpaired) electrons. The van der Waals surface area contributed by atoms with Gasteiger partial charge in [-0.25, -0.2) is 4.98 Å². The molecule has 20 heavy (non-hydrogen) atoms. The summed E-state index contributed by atoms with van der Waals surface area (Å²) in [6, 6.07) is 6.30. The number of hydrogen-bond acceptors (Lipinski definition) is 4. The molecule has 1 fully saturated rings. The summed E-state index contributed by atoms with van der Waals surface area (Å²) in [7, 11) is 0. The molecule has 0 bridgehead atoms. The van der Waals surface area contributed by atoms with E-state index in [0.717, 1.165) is 43.6 Å². The van der Waals surface area contributed by atoms with Crippen LogP contribution in [0.1, 0.15) is 37.6 Å². The third kappa shape index (κ3) is 3.13. The molecule has 1 aromatic heterocycles. The number of hydrogen-bond donors (Lipinski definition) is 1. The SMILES string of the molecule is CCCCc1nc2c(OC3CCNCC3)cccc2s1. The Morgan fingerprint density at radius 1 is 1.35 bits per heavy atom. The highest BCUT2D eigenvalue weighted by Gasteiger charge is 2.17. The number of benzene rings is 1. The minimum absolute atomic E-state index is 0.336. The third-order valence-corrected chi connectivity index (χ3v) is 4.83. The second-order valence-electron chi connectivity index (χ2n) is 5.38. The average molecular weight is 290 g/mol. The number of unbranched alkanes of at least 4 members (excludes halogenated alkanes) is 1. The van der Waals surface area contributed by atoms with Gasteiger partial charge in [0.1, 0.15) is 17.4 Å². The van der Waals surface area contributed by atoms with Gasteiger partial charge in [0.15, 0.2) is 0 Å². The highest BCUT2D eigenvalue weighted by Crippen LogP contribution is 2.31. The normalized spacial score (nSPS) is 16.6. The number of nitrogens with one attached hydrogen (secondary N) is 1. The molecule has 1 aromatic carbocycles. The molecule has 2 aromatic rings. The van der Waals surface area contributed by atoms with Gasteiger partial charge in [-0.15, -0.1) is 11.3 Å². The lowest BCUT2D eigenvalue weighted by atomic mass is 10.1. The maximum Gasteiger partial charge on any atom is 0.146 e. The van der Waals surface area contributed by atoms with Gasteiger partial charge in [-0.1, -0.05) is 19.4 Å². The van der Waals surface area contributed by atoms with E-state index >= 15 is 0 Å². The molecular weight excluding hydrogens is 268 g/mol. The van der Waals surface area contributed by atoms with Gasteiger partial charge in [0.05, 0.1) is 9.71 Å². The van der Waals surface area contributed by atoms with Crippen LogP contribution in [0.5, 0.6) is 5.75 Å². The molecule has 3 nitrogen and oxygen atoms in total. The first-order valence-corrected chi connectivity index (χ1v) is 8.44. The van der Waals surface area contributed by atoms with Crippen LogP contribution in [0.3, 0.4) is 0 Å². The minimum atomic E-state index is 0.336. The zero-order chi connectivity index (χ0) is 13.8. The third-order valence-electron chi connectivity index (χ3n) is 3.75. The van der Waals surface area contributed by atoms with Gasteiger partial charge in [0.2, 0.25) is 0 Å². The van der Waals surface area contributed by atoms with Crippen molar-refractivity contribution >= 4 is 21.6 Å². The molecule has 1 saturated heterocycles. The lowest BCUT2D eigenvalue weighted by Crippen LogP contribution is -2.34. The average Bonchev–Trinajstić information content (AvgIpc) is 2.90. The number of ether oxygens (including phenoxy) is 1. The second-order valence-corrected chi connectivity index (χ2v) is 6.50. The maximum atomic E-state index is 6.19. The molecule has 0 saturated carbocycles. The molecule has 108 valence electrons. The molecular formula is C16H22N2OS. The highest BCUT2D eigenvalue weighted by atomic mass is 32.1. The fourth-order valence-corrected chi connectivity index (χ4v) is 3.62. The largest absolute Gasteiger partial charge is 0.488 e. The minimum Gasteiger partial charge on any atom is -0.488 e. The summed E-state index contributed by atoms with van der Waals surface area (Å²) in [6.45, 7) is 4.33. The van der Waals surface area contributed by atoms with E-state index in [1.54, 1.807) is 0 Å². The summed E-state index contributed by atoms with van der Waals surface area (Å²) >= 11 is 1.81. The number of piperidine rings is 1. The lowest BCUT2D eigenvalue weighted by Gasteiger charge is -2.23. The molecule has 1 N–H and O–H groups in total. The van der Waals surface area contributed by atoms with Crippen LogP contribution in [-0.4, -0.2) is 24.2 Å². The fraction of sp³-hybridized carbons (Fsp3) is 0.562. The van der Waals surface area contributed by atoms with Gasteiger partial charge in [0.25, 0.3) is 0 Å². The predicted molar refractivity (Wildman–Crippen MR) is 84.8 cm³/mol. The van der Waals surface area contributed by atoms with Crippen LogP contribution in [-0.2, 0) is 6.42 Å². The summed E-state index contributed by atoms with van der Waals surface area (Å²) in [5.41, 5.74) is 1.06. The first kappa shape index (κ1) is 13.8. The van der Waals surface area contributed by atoms with Gasteiger partial charge in [-0.05, 0) is 50.9 Å². The Morgan fingerprint density at radius 2 is 2.20 bits per heavy atom. The molecule has 1 aliphatic rings. The topological polar surface area (TPSA) is 34.1 Å². The van der Waals surface area contributed by atoms with E-state index in [1.165, 1.54) is 22.5 Å². The first-order chi connectivity index (χ1) is 9.86. The smallest absolute Gasteiger partial charge is 0.146 e. The van der Waals surface area contributed by atoms with Crippen molar-refractivity contribution in [1.82, 2.24) is 10.3 Å². The Balaban J connectivity index is 1.80. The van der Waals surface area contributed by atoms with Gasteiger partial charge in [0, 0.05) is 0 Å². The Hall–Kier alpha value is -1.13. The van der Waals surface area contributed by atoms with Gasteiger partial charge >= 0.3 is 0 Å². The van der Waals surface area contributed by atoms with Crippen LogP contribution in [0.15, 0.2) is 18.2 Å². The monoisotopic (exact) mass is 290 g/mol. The molecule has 3 rings (SSSR count). The van der Waals surface area contributed by atoms with E-state index in [9.17, 15) is 0 Å². The van der Waals surface area contributed by atoms with E-state index in [-0.39, 0.29) is 0 Å². The van der Waals surface area contributed by atoms with Gasteiger partial charge in [-0.3, -0.25) is 0 Å². The van der Waals surface area contributed by atoms with Crippen LogP contribution in [0.25, 0.3) is 10.2 Å². The zero-order valence-corrected chi connectivity index (χ0v) is 12.8. The number of fused-ring (bicyclic) bond motifs is 1. The van der Waals surface area contributed by atoms with Crippen molar-refractivity contribution in [2.75, 3.05) is 13.1 Å². The van der Waals surface area contributed by atoms with E-state index in [1.807, 2.05) is 11.3 Å². The van der Waals surface area contributed by atoms with Crippen molar-refractivity contribution in [2.45, 2.75) is 45.1 Å². The molecule has 4 heteroatoms. The Bertz CT molecular complexity index is 561. The van der Waals surface area contributed by atoms with E-state index in [4.69, 9.17) is 9.72 Å². The molecule has 0 unspecified atom stereocenters. The summed E-state index contributed by atoms with van der Waals surface area (Å²) in [4.78, 5) is 4.79. The number of thiazole rings is 1.